The van der Waals surface area contributed by atoms with Crippen LogP contribution < -0.4 is 11.1 Å². The molecule has 2 nitrogen and oxygen atoms in total. The Labute approximate surface area is 91.9 Å². The van der Waals surface area contributed by atoms with Gasteiger partial charge >= 0.3 is 0 Å². The Morgan fingerprint density at radius 2 is 2.00 bits per heavy atom. The molecule has 0 heterocycles. The zero-order chi connectivity index (χ0) is 10.7. The first-order valence-electron chi connectivity index (χ1n) is 5.73. The highest BCUT2D eigenvalue weighted by Crippen LogP contribution is 2.36. The molecule has 2 rings (SSSR count). The van der Waals surface area contributed by atoms with E-state index in [-0.39, 0.29) is 5.54 Å². The summed E-state index contributed by atoms with van der Waals surface area (Å²) in [7, 11) is 0. The standard InChI is InChI=1S/C13H20N2/c1-11-7-13(8-11,10-14)15-9-12-5-3-2-4-6-12/h2-6,11,15H,7-10,14H2,1H3. The fourth-order valence-electron chi connectivity index (χ4n) is 2.54. The van der Waals surface area contributed by atoms with Crippen LogP contribution in [0.1, 0.15) is 25.3 Å². The average Bonchev–Trinajstić information content (AvgIpc) is 2.24. The monoisotopic (exact) mass is 204 g/mol. The second-order valence-electron chi connectivity index (χ2n) is 4.84. The summed E-state index contributed by atoms with van der Waals surface area (Å²) in [6, 6.07) is 10.5. The van der Waals surface area contributed by atoms with Crippen molar-refractivity contribution in [1.82, 2.24) is 5.32 Å². The molecule has 1 aliphatic rings. The van der Waals surface area contributed by atoms with E-state index in [2.05, 4.69) is 36.5 Å². The highest BCUT2D eigenvalue weighted by Gasteiger charge is 2.40. The molecule has 15 heavy (non-hydrogen) atoms. The summed E-state index contributed by atoms with van der Waals surface area (Å²) in [5.74, 6) is 0.830. The van der Waals surface area contributed by atoms with E-state index in [1.54, 1.807) is 0 Å². The summed E-state index contributed by atoms with van der Waals surface area (Å²) >= 11 is 0. The molecule has 3 N–H and O–H groups in total. The van der Waals surface area contributed by atoms with Gasteiger partial charge < -0.3 is 11.1 Å². The molecule has 1 aliphatic carbocycles. The van der Waals surface area contributed by atoms with Crippen LogP contribution in [0.15, 0.2) is 30.3 Å². The minimum Gasteiger partial charge on any atom is -0.329 e. The van der Waals surface area contributed by atoms with Crippen molar-refractivity contribution >= 4 is 0 Å². The number of hydrogen-bond acceptors (Lipinski definition) is 2. The SMILES string of the molecule is CC1CC(CN)(NCc2ccccc2)C1. The number of hydrogen-bond donors (Lipinski definition) is 2. The Kier molecular flexibility index (Phi) is 3.08. The predicted octanol–water partition coefficient (Wildman–Crippen LogP) is 1.90. The van der Waals surface area contributed by atoms with Crippen molar-refractivity contribution in [2.45, 2.75) is 31.8 Å². The normalized spacial score (nSPS) is 29.9. The first-order valence-corrected chi connectivity index (χ1v) is 5.73. The van der Waals surface area contributed by atoms with Gasteiger partial charge in [0.2, 0.25) is 0 Å². The molecule has 0 amide bonds. The second kappa shape index (κ2) is 4.33. The average molecular weight is 204 g/mol. The van der Waals surface area contributed by atoms with Crippen LogP contribution in [0.5, 0.6) is 0 Å². The van der Waals surface area contributed by atoms with Crippen molar-refractivity contribution in [3.63, 3.8) is 0 Å². The summed E-state index contributed by atoms with van der Waals surface area (Å²) in [6.07, 6.45) is 2.44. The van der Waals surface area contributed by atoms with Gasteiger partial charge in [0.1, 0.15) is 0 Å². The Hall–Kier alpha value is -0.860. The van der Waals surface area contributed by atoms with Gasteiger partial charge in [-0.2, -0.15) is 0 Å². The van der Waals surface area contributed by atoms with Crippen LogP contribution in [0, 0.1) is 5.92 Å². The molecule has 82 valence electrons. The molecule has 1 fully saturated rings. The number of nitrogens with one attached hydrogen (secondary N) is 1. The van der Waals surface area contributed by atoms with Gasteiger partial charge in [-0.15, -0.1) is 0 Å². The Morgan fingerprint density at radius 3 is 2.53 bits per heavy atom. The molecule has 0 radical (unpaired) electrons. The third kappa shape index (κ3) is 2.39. The molecule has 0 bridgehead atoms. The van der Waals surface area contributed by atoms with Crippen LogP contribution in [0.4, 0.5) is 0 Å². The first kappa shape index (κ1) is 10.7. The lowest BCUT2D eigenvalue weighted by atomic mass is 9.69. The zero-order valence-electron chi connectivity index (χ0n) is 9.37. The minimum absolute atomic E-state index is 0.218. The topological polar surface area (TPSA) is 38.0 Å². The Bertz CT molecular complexity index is 302. The maximum Gasteiger partial charge on any atom is 0.0312 e. The molecule has 0 saturated heterocycles. The van der Waals surface area contributed by atoms with Crippen molar-refractivity contribution in [2.24, 2.45) is 11.7 Å². The highest BCUT2D eigenvalue weighted by atomic mass is 15.0. The van der Waals surface area contributed by atoms with Crippen LogP contribution in [0.2, 0.25) is 0 Å². The van der Waals surface area contributed by atoms with Gasteiger partial charge in [0.25, 0.3) is 0 Å². The molecule has 1 aromatic rings. The van der Waals surface area contributed by atoms with E-state index < -0.39 is 0 Å². The summed E-state index contributed by atoms with van der Waals surface area (Å²) in [6.45, 7) is 3.98. The van der Waals surface area contributed by atoms with Crippen molar-refractivity contribution in [3.8, 4) is 0 Å². The minimum atomic E-state index is 0.218. The highest BCUT2D eigenvalue weighted by molar-refractivity contribution is 5.15. The molecule has 0 atom stereocenters. The lowest BCUT2D eigenvalue weighted by molar-refractivity contribution is 0.122. The van der Waals surface area contributed by atoms with Gasteiger partial charge in [-0.3, -0.25) is 0 Å². The molecular weight excluding hydrogens is 184 g/mol. The Morgan fingerprint density at radius 1 is 1.33 bits per heavy atom. The van der Waals surface area contributed by atoms with E-state index in [9.17, 15) is 0 Å². The molecular formula is C13H20N2. The predicted molar refractivity (Wildman–Crippen MR) is 63.5 cm³/mol. The zero-order valence-corrected chi connectivity index (χ0v) is 9.37. The first-order chi connectivity index (χ1) is 7.24. The van der Waals surface area contributed by atoms with Gasteiger partial charge in [0, 0.05) is 18.6 Å². The maximum absolute atomic E-state index is 5.83. The van der Waals surface area contributed by atoms with E-state index in [0.717, 1.165) is 19.0 Å². The number of benzene rings is 1. The van der Waals surface area contributed by atoms with Crippen molar-refractivity contribution < 1.29 is 0 Å². The summed E-state index contributed by atoms with van der Waals surface area (Å²) in [5, 5.41) is 3.60. The van der Waals surface area contributed by atoms with Gasteiger partial charge in [-0.25, -0.2) is 0 Å². The van der Waals surface area contributed by atoms with Crippen molar-refractivity contribution in [2.75, 3.05) is 6.54 Å². The van der Waals surface area contributed by atoms with Gasteiger partial charge in [-0.1, -0.05) is 37.3 Å². The second-order valence-corrected chi connectivity index (χ2v) is 4.84. The van der Waals surface area contributed by atoms with Crippen LogP contribution in [0.25, 0.3) is 0 Å². The van der Waals surface area contributed by atoms with Gasteiger partial charge in [0.05, 0.1) is 0 Å². The molecule has 2 heteroatoms. The van der Waals surface area contributed by atoms with E-state index >= 15 is 0 Å². The van der Waals surface area contributed by atoms with Gasteiger partial charge in [-0.05, 0) is 24.3 Å². The van der Waals surface area contributed by atoms with E-state index in [4.69, 9.17) is 5.73 Å². The quantitative estimate of drug-likeness (QED) is 0.786. The third-order valence-corrected chi connectivity index (χ3v) is 3.38. The molecule has 0 aromatic heterocycles. The molecule has 1 saturated carbocycles. The fourth-order valence-corrected chi connectivity index (χ4v) is 2.54. The lowest BCUT2D eigenvalue weighted by Gasteiger charge is -2.46. The largest absolute Gasteiger partial charge is 0.329 e. The number of nitrogens with two attached hydrogens (primary N) is 1. The van der Waals surface area contributed by atoms with E-state index in [1.165, 1.54) is 18.4 Å². The molecule has 0 unspecified atom stereocenters. The van der Waals surface area contributed by atoms with Crippen molar-refractivity contribution in [1.29, 1.82) is 0 Å². The molecule has 1 aromatic carbocycles. The van der Waals surface area contributed by atoms with Gasteiger partial charge in [0.15, 0.2) is 0 Å². The van der Waals surface area contributed by atoms with Crippen molar-refractivity contribution in [3.05, 3.63) is 35.9 Å². The van der Waals surface area contributed by atoms with Crippen LogP contribution >= 0.6 is 0 Å². The lowest BCUT2D eigenvalue weighted by Crippen LogP contribution is -2.59. The van der Waals surface area contributed by atoms with E-state index in [0.29, 0.717) is 0 Å². The number of rotatable bonds is 4. The van der Waals surface area contributed by atoms with Crippen LogP contribution in [0.3, 0.4) is 0 Å². The Balaban J connectivity index is 1.87. The molecule has 0 spiro atoms. The molecule has 0 aliphatic heterocycles. The van der Waals surface area contributed by atoms with Crippen LogP contribution in [-0.2, 0) is 6.54 Å². The smallest absolute Gasteiger partial charge is 0.0312 e. The van der Waals surface area contributed by atoms with E-state index in [1.807, 2.05) is 6.07 Å². The summed E-state index contributed by atoms with van der Waals surface area (Å²) < 4.78 is 0. The maximum atomic E-state index is 5.83. The van der Waals surface area contributed by atoms with Crippen LogP contribution in [-0.4, -0.2) is 12.1 Å². The third-order valence-electron chi connectivity index (χ3n) is 3.38. The summed E-state index contributed by atoms with van der Waals surface area (Å²) in [5.41, 5.74) is 7.39. The summed E-state index contributed by atoms with van der Waals surface area (Å²) in [4.78, 5) is 0. The fraction of sp³-hybridized carbons (Fsp3) is 0.538.